The monoisotopic (exact) mass is 583 g/mol. The summed E-state index contributed by atoms with van der Waals surface area (Å²) in [6.45, 7) is 20.2. The van der Waals surface area contributed by atoms with Crippen LogP contribution in [0.4, 0.5) is 0 Å². The Morgan fingerprint density at radius 2 is 0.842 bits per heavy atom. The zero-order valence-electron chi connectivity index (χ0n) is 25.2. The molecule has 1 radical (unpaired) electrons. The van der Waals surface area contributed by atoms with Gasteiger partial charge in [0.25, 0.3) is 0 Å². The molecular weight excluding hydrogens is 537 g/mol. The number of para-hydroxylation sites is 3. The Kier molecular flexibility index (Phi) is 16.7. The summed E-state index contributed by atoms with van der Waals surface area (Å²) < 4.78 is 4.66. The van der Waals surface area contributed by atoms with Gasteiger partial charge in [-0.15, -0.1) is 6.54 Å². The van der Waals surface area contributed by atoms with Gasteiger partial charge in [-0.25, -0.2) is 0 Å². The second kappa shape index (κ2) is 17.9. The normalized spacial score (nSPS) is 9.29. The molecule has 6 aromatic rings. The summed E-state index contributed by atoms with van der Waals surface area (Å²) in [7, 11) is 0. The largest absolute Gasteiger partial charge is 0.478 e. The van der Waals surface area contributed by atoms with Gasteiger partial charge in [-0.05, 0) is 24.3 Å². The van der Waals surface area contributed by atoms with E-state index in [0.29, 0.717) is 0 Å². The molecule has 4 aromatic carbocycles. The molecule has 2 heterocycles. The molecule has 0 saturated carbocycles. The van der Waals surface area contributed by atoms with Gasteiger partial charge >= 0.3 is 0 Å². The minimum absolute atomic E-state index is 0. The van der Waals surface area contributed by atoms with Crippen LogP contribution in [0.2, 0.25) is 0 Å². The van der Waals surface area contributed by atoms with Gasteiger partial charge in [-0.3, -0.25) is 0 Å². The Morgan fingerprint density at radius 1 is 0.474 bits per heavy atom. The third-order valence-electron chi connectivity index (χ3n) is 5.79. The molecule has 6 rings (SSSR count). The molecule has 0 aliphatic heterocycles. The van der Waals surface area contributed by atoms with E-state index < -0.39 is 0 Å². The summed E-state index contributed by atoms with van der Waals surface area (Å²) in [4.78, 5) is 0. The molecule has 0 fully saturated rings. The van der Waals surface area contributed by atoms with E-state index in [1.54, 1.807) is 0 Å². The molecule has 201 valence electrons. The van der Waals surface area contributed by atoms with Gasteiger partial charge in [0.15, 0.2) is 0 Å². The average Bonchev–Trinajstić information content (AvgIpc) is 3.49. The van der Waals surface area contributed by atoms with Crippen LogP contribution in [0.5, 0.6) is 0 Å². The first kappa shape index (κ1) is 35.5. The third-order valence-corrected chi connectivity index (χ3v) is 5.79. The molecule has 2 aromatic heterocycles. The first-order valence-electron chi connectivity index (χ1n) is 13.7. The summed E-state index contributed by atoms with van der Waals surface area (Å²) in [5, 5.41) is 5.16. The molecule has 0 aliphatic carbocycles. The minimum atomic E-state index is 0. The van der Waals surface area contributed by atoms with E-state index in [4.69, 9.17) is 0 Å². The van der Waals surface area contributed by atoms with E-state index in [-0.39, 0.29) is 40.1 Å². The van der Waals surface area contributed by atoms with Crippen molar-refractivity contribution in [3.05, 3.63) is 105 Å². The van der Waals surface area contributed by atoms with Gasteiger partial charge < -0.3 is 16.6 Å². The molecule has 0 amide bonds. The molecule has 0 saturated heterocycles. The Balaban J connectivity index is 0.00000126. The Bertz CT molecular complexity index is 1450. The average molecular weight is 584 g/mol. The molecule has 2 nitrogen and oxygen atoms in total. The number of rotatable bonds is 2. The van der Waals surface area contributed by atoms with E-state index in [2.05, 4.69) is 114 Å². The number of hydrogen-bond donors (Lipinski definition) is 0. The van der Waals surface area contributed by atoms with Crippen LogP contribution >= 0.6 is 0 Å². The minimum Gasteiger partial charge on any atom is -0.478 e. The van der Waals surface area contributed by atoms with Crippen LogP contribution in [0.25, 0.3) is 49.3 Å². The number of aromatic nitrogens is 2. The van der Waals surface area contributed by atoms with Crippen molar-refractivity contribution < 1.29 is 32.7 Å². The van der Waals surface area contributed by atoms with Crippen molar-refractivity contribution in [1.82, 2.24) is 9.13 Å². The van der Waals surface area contributed by atoms with E-state index in [1.807, 2.05) is 55.4 Å². The van der Waals surface area contributed by atoms with Crippen molar-refractivity contribution in [2.75, 3.05) is 0 Å². The van der Waals surface area contributed by atoms with Crippen LogP contribution in [-0.4, -0.2) is 9.13 Å². The second-order valence-electron chi connectivity index (χ2n) is 7.22. The predicted octanol–water partition coefficient (Wildman–Crippen LogP) is 11.5. The van der Waals surface area contributed by atoms with Gasteiger partial charge in [0, 0.05) is 49.2 Å². The molecule has 38 heavy (non-hydrogen) atoms. The summed E-state index contributed by atoms with van der Waals surface area (Å²) in [5.41, 5.74) is 6.18. The number of fused-ring (bicyclic) bond motifs is 6. The first-order valence-corrected chi connectivity index (χ1v) is 13.7. The van der Waals surface area contributed by atoms with Crippen molar-refractivity contribution in [2.24, 2.45) is 0 Å². The van der Waals surface area contributed by atoms with Crippen molar-refractivity contribution in [3.63, 3.8) is 0 Å². The maximum Gasteiger partial charge on any atom is 0.0541 e. The molecule has 0 atom stereocenters. The van der Waals surface area contributed by atoms with Crippen molar-refractivity contribution >= 4 is 43.6 Å². The quantitative estimate of drug-likeness (QED) is 0.180. The van der Waals surface area contributed by atoms with Crippen LogP contribution in [0.15, 0.2) is 91.0 Å². The maximum atomic E-state index is 2.38. The van der Waals surface area contributed by atoms with Crippen LogP contribution < -0.4 is 0 Å². The van der Waals surface area contributed by atoms with E-state index in [1.165, 1.54) is 49.3 Å². The fourth-order valence-corrected chi connectivity index (χ4v) is 4.61. The van der Waals surface area contributed by atoms with Crippen molar-refractivity contribution in [1.29, 1.82) is 0 Å². The molecule has 0 bridgehead atoms. The summed E-state index contributed by atoms with van der Waals surface area (Å²) in [5.74, 6) is 0. The molecule has 0 aliphatic rings. The van der Waals surface area contributed by atoms with Crippen LogP contribution in [0.3, 0.4) is 0 Å². The van der Waals surface area contributed by atoms with Gasteiger partial charge in [0.05, 0.1) is 11.0 Å². The number of hydrogen-bond acceptors (Lipinski definition) is 0. The van der Waals surface area contributed by atoms with Crippen LogP contribution in [0.1, 0.15) is 62.3 Å². The Labute approximate surface area is 256 Å². The third kappa shape index (κ3) is 6.53. The van der Waals surface area contributed by atoms with E-state index in [0.717, 1.165) is 0 Å². The fraction of sp³-hybridized carbons (Fsp3) is 0.257. The molecule has 0 unspecified atom stereocenters. The summed E-state index contributed by atoms with van der Waals surface area (Å²) >= 11 is 0. The zero-order chi connectivity index (χ0) is 26.7. The van der Waals surface area contributed by atoms with Gasteiger partial charge in [-0.1, -0.05) is 151 Å². The van der Waals surface area contributed by atoms with Gasteiger partial charge in [0.1, 0.15) is 0 Å². The summed E-state index contributed by atoms with van der Waals surface area (Å²) in [6.07, 6.45) is 0. The van der Waals surface area contributed by atoms with E-state index in [9.17, 15) is 0 Å². The molecule has 0 N–H and O–H groups in total. The van der Waals surface area contributed by atoms with Crippen molar-refractivity contribution in [2.45, 2.75) is 62.3 Å². The van der Waals surface area contributed by atoms with Crippen molar-refractivity contribution in [3.8, 4) is 5.69 Å². The second-order valence-corrected chi connectivity index (χ2v) is 7.22. The summed E-state index contributed by atoms with van der Waals surface area (Å²) in [6, 6.07) is 32.8. The standard InChI is InChI=1S/C26H19N2.4C2H6.CH3.Y/c1-2-27-23-12-6-3-11-21(23)22-17-18(15-16-24(22)27)28-25-13-7-4-9-19(25)20-10-5-8-14-26(20)28;4*1-2;;/h2-17H,1H3;4*1-2H3;1H3;/q-1;;;;;-1;. The zero-order valence-corrected chi connectivity index (χ0v) is 28.0. The molecule has 3 heteroatoms. The van der Waals surface area contributed by atoms with Gasteiger partial charge in [0.2, 0.25) is 0 Å². The SMILES string of the molecule is CC.CC.CC.CC.C[CH-]n1c2ccccc2c2cc(-n3c4ccccc4c4ccccc43)ccc21.[CH3-].[Y]. The number of benzene rings is 4. The topological polar surface area (TPSA) is 9.86 Å². The molecular formula is C35H46N2Y-2. The first-order chi connectivity index (χ1) is 17.9. The predicted molar refractivity (Wildman–Crippen MR) is 171 cm³/mol. The maximum absolute atomic E-state index is 2.38. The molecule has 0 spiro atoms. The Hall–Kier alpha value is -2.55. The van der Waals surface area contributed by atoms with E-state index >= 15 is 0 Å². The number of nitrogens with zero attached hydrogens (tertiary/aromatic N) is 2. The van der Waals surface area contributed by atoms with Crippen LogP contribution in [-0.2, 0) is 32.7 Å². The van der Waals surface area contributed by atoms with Gasteiger partial charge in [-0.2, -0.15) is 0 Å². The fourth-order valence-electron chi connectivity index (χ4n) is 4.61. The smallest absolute Gasteiger partial charge is 0.0541 e. The Morgan fingerprint density at radius 3 is 1.29 bits per heavy atom. The van der Waals surface area contributed by atoms with Crippen LogP contribution in [0, 0.1) is 14.0 Å².